The molecule has 1 aliphatic heterocycles. The number of likely N-dealkylation sites (N-methyl/N-ethyl adjacent to an activating group) is 1. The molecular weight excluding hydrogens is 554 g/mol. The van der Waals surface area contributed by atoms with Gasteiger partial charge in [-0.15, -0.1) is 0 Å². The van der Waals surface area contributed by atoms with E-state index in [0.29, 0.717) is 28.6 Å². The number of halogens is 1. The van der Waals surface area contributed by atoms with Crippen molar-refractivity contribution in [3.8, 4) is 11.5 Å². The smallest absolute Gasteiger partial charge is 0.264 e. The third-order valence-electron chi connectivity index (χ3n) is 6.05. The van der Waals surface area contributed by atoms with E-state index in [0.717, 1.165) is 9.87 Å². The van der Waals surface area contributed by atoms with Gasteiger partial charge in [0.05, 0.1) is 36.2 Å². The van der Waals surface area contributed by atoms with Crippen LogP contribution in [0.3, 0.4) is 0 Å². The van der Waals surface area contributed by atoms with Crippen LogP contribution in [0.15, 0.2) is 70.5 Å². The molecule has 0 saturated heterocycles. The van der Waals surface area contributed by atoms with Crippen LogP contribution in [0.4, 0.5) is 11.4 Å². The van der Waals surface area contributed by atoms with Gasteiger partial charge in [0.25, 0.3) is 10.0 Å². The summed E-state index contributed by atoms with van der Waals surface area (Å²) in [5.74, 6) is 0.0138. The Kier molecular flexibility index (Phi) is 7.88. The fourth-order valence-corrected chi connectivity index (χ4v) is 6.82. The normalized spacial score (nSPS) is 13.3. The highest BCUT2D eigenvalue weighted by Gasteiger charge is 2.31. The number of sulfonamides is 2. The molecule has 0 bridgehead atoms. The Balaban J connectivity index is 1.50. The molecule has 4 rings (SSSR count). The summed E-state index contributed by atoms with van der Waals surface area (Å²) in [5, 5.41) is 3.08. The Hall–Kier alpha value is -3.32. The standard InChI is InChI=1S/C25H26ClN3O7S2/c1-28(37(31,32)21-10-11-23(35-2)24(15-21)36-3)16-25(30)27-19-7-4-17-12-13-29(22(17)14-19)38(33,34)20-8-5-18(26)6-9-20/h4-11,14-15H,12-13,16H2,1-3H3,(H,27,30). The van der Waals surface area contributed by atoms with Gasteiger partial charge in [-0.2, -0.15) is 4.31 Å². The number of fused-ring (bicyclic) bond motifs is 1. The summed E-state index contributed by atoms with van der Waals surface area (Å²) >= 11 is 5.90. The molecule has 1 aliphatic rings. The fourth-order valence-electron chi connectivity index (χ4n) is 4.06. The van der Waals surface area contributed by atoms with Crippen LogP contribution in [0.25, 0.3) is 0 Å². The topological polar surface area (TPSA) is 122 Å². The highest BCUT2D eigenvalue weighted by Crippen LogP contribution is 2.35. The van der Waals surface area contributed by atoms with Gasteiger partial charge in [0.15, 0.2) is 11.5 Å². The number of hydrogen-bond acceptors (Lipinski definition) is 7. The summed E-state index contributed by atoms with van der Waals surface area (Å²) in [4.78, 5) is 12.8. The van der Waals surface area contributed by atoms with Crippen LogP contribution in [0.1, 0.15) is 5.56 Å². The number of ether oxygens (including phenoxy) is 2. The van der Waals surface area contributed by atoms with Crippen molar-refractivity contribution in [3.63, 3.8) is 0 Å². The predicted octanol–water partition coefficient (Wildman–Crippen LogP) is 3.37. The Morgan fingerprint density at radius 2 is 1.61 bits per heavy atom. The zero-order chi connectivity index (χ0) is 27.7. The van der Waals surface area contributed by atoms with E-state index in [1.54, 1.807) is 18.2 Å². The molecule has 0 radical (unpaired) electrons. The number of nitrogens with zero attached hydrogens (tertiary/aromatic N) is 2. The van der Waals surface area contributed by atoms with Crippen LogP contribution >= 0.6 is 11.6 Å². The number of amides is 1. The van der Waals surface area contributed by atoms with E-state index in [2.05, 4.69) is 5.32 Å². The van der Waals surface area contributed by atoms with Crippen molar-refractivity contribution in [1.82, 2.24) is 4.31 Å². The zero-order valence-corrected chi connectivity index (χ0v) is 23.2. The summed E-state index contributed by atoms with van der Waals surface area (Å²) in [6.45, 7) is -0.218. The molecule has 0 spiro atoms. The molecule has 0 aliphatic carbocycles. The first kappa shape index (κ1) is 27.7. The Morgan fingerprint density at radius 1 is 0.947 bits per heavy atom. The van der Waals surface area contributed by atoms with Crippen molar-refractivity contribution in [1.29, 1.82) is 0 Å². The molecule has 202 valence electrons. The lowest BCUT2D eigenvalue weighted by Gasteiger charge is -2.21. The Bertz CT molecular complexity index is 1580. The first-order valence-corrected chi connectivity index (χ1v) is 14.6. The van der Waals surface area contributed by atoms with Gasteiger partial charge in [0.1, 0.15) is 0 Å². The minimum absolute atomic E-state index is 0.0639. The molecule has 10 nitrogen and oxygen atoms in total. The maximum absolute atomic E-state index is 13.2. The fraction of sp³-hybridized carbons (Fsp3) is 0.240. The number of rotatable bonds is 9. The second kappa shape index (κ2) is 10.8. The lowest BCUT2D eigenvalue weighted by molar-refractivity contribution is -0.116. The van der Waals surface area contributed by atoms with Gasteiger partial charge in [0, 0.05) is 30.4 Å². The predicted molar refractivity (Wildman–Crippen MR) is 144 cm³/mol. The molecule has 0 fully saturated rings. The van der Waals surface area contributed by atoms with Crippen LogP contribution < -0.4 is 19.1 Å². The number of carbonyl (C=O) groups is 1. The summed E-state index contributed by atoms with van der Waals surface area (Å²) in [5.41, 5.74) is 1.60. The van der Waals surface area contributed by atoms with Gasteiger partial charge in [-0.25, -0.2) is 16.8 Å². The second-order valence-electron chi connectivity index (χ2n) is 8.45. The third-order valence-corrected chi connectivity index (χ3v) is 9.93. The minimum atomic E-state index is -4.02. The molecule has 3 aromatic rings. The van der Waals surface area contributed by atoms with Crippen LogP contribution in [-0.4, -0.2) is 61.4 Å². The zero-order valence-electron chi connectivity index (χ0n) is 20.8. The van der Waals surface area contributed by atoms with E-state index in [4.69, 9.17) is 21.1 Å². The molecule has 1 N–H and O–H groups in total. The van der Waals surface area contributed by atoms with E-state index >= 15 is 0 Å². The molecule has 0 atom stereocenters. The summed E-state index contributed by atoms with van der Waals surface area (Å²) in [6.07, 6.45) is 0.517. The van der Waals surface area contributed by atoms with E-state index in [9.17, 15) is 21.6 Å². The van der Waals surface area contributed by atoms with E-state index in [-0.39, 0.29) is 22.1 Å². The molecule has 0 unspecified atom stereocenters. The second-order valence-corrected chi connectivity index (χ2v) is 12.8. The monoisotopic (exact) mass is 579 g/mol. The third kappa shape index (κ3) is 5.44. The van der Waals surface area contributed by atoms with Crippen LogP contribution in [0, 0.1) is 0 Å². The van der Waals surface area contributed by atoms with Crippen molar-refractivity contribution < 1.29 is 31.1 Å². The molecule has 38 heavy (non-hydrogen) atoms. The van der Waals surface area contributed by atoms with Crippen molar-refractivity contribution in [2.24, 2.45) is 0 Å². The summed E-state index contributed by atoms with van der Waals surface area (Å²) in [7, 11) is -3.74. The maximum atomic E-state index is 13.2. The van der Waals surface area contributed by atoms with Crippen LogP contribution in [0.2, 0.25) is 5.02 Å². The van der Waals surface area contributed by atoms with E-state index in [1.165, 1.54) is 68.0 Å². The number of nitrogens with one attached hydrogen (secondary N) is 1. The lowest BCUT2D eigenvalue weighted by Crippen LogP contribution is -2.35. The largest absolute Gasteiger partial charge is 0.493 e. The van der Waals surface area contributed by atoms with E-state index < -0.39 is 32.5 Å². The summed E-state index contributed by atoms with van der Waals surface area (Å²) < 4.78 is 65.0. The maximum Gasteiger partial charge on any atom is 0.264 e. The molecular formula is C25H26ClN3O7S2. The minimum Gasteiger partial charge on any atom is -0.493 e. The number of methoxy groups -OCH3 is 2. The quantitative estimate of drug-likeness (QED) is 0.412. The molecule has 1 heterocycles. The van der Waals surface area contributed by atoms with Gasteiger partial charge in [0.2, 0.25) is 15.9 Å². The average molecular weight is 580 g/mol. The number of carbonyl (C=O) groups excluding carboxylic acids is 1. The molecule has 0 aromatic heterocycles. The van der Waals surface area contributed by atoms with Crippen molar-refractivity contribution in [3.05, 3.63) is 71.2 Å². The van der Waals surface area contributed by atoms with Crippen molar-refractivity contribution >= 4 is 48.9 Å². The van der Waals surface area contributed by atoms with Crippen molar-refractivity contribution in [2.45, 2.75) is 16.2 Å². The first-order valence-electron chi connectivity index (χ1n) is 11.4. The molecule has 13 heteroatoms. The molecule has 3 aromatic carbocycles. The summed E-state index contributed by atoms with van der Waals surface area (Å²) in [6, 6.07) is 15.0. The van der Waals surface area contributed by atoms with Gasteiger partial charge < -0.3 is 14.8 Å². The highest BCUT2D eigenvalue weighted by molar-refractivity contribution is 7.92. The Morgan fingerprint density at radius 3 is 2.26 bits per heavy atom. The molecule has 1 amide bonds. The van der Waals surface area contributed by atoms with Crippen LogP contribution in [-0.2, 0) is 31.3 Å². The highest BCUT2D eigenvalue weighted by atomic mass is 35.5. The number of hydrogen-bond donors (Lipinski definition) is 1. The Labute approximate surface area is 226 Å². The van der Waals surface area contributed by atoms with E-state index in [1.807, 2.05) is 0 Å². The SMILES string of the molecule is COc1ccc(S(=O)(=O)N(C)CC(=O)Nc2ccc3c(c2)N(S(=O)(=O)c2ccc(Cl)cc2)CC3)cc1OC. The molecule has 0 saturated carbocycles. The van der Waals surface area contributed by atoms with Gasteiger partial charge in [-0.1, -0.05) is 17.7 Å². The number of benzene rings is 3. The number of anilines is 2. The van der Waals surface area contributed by atoms with Gasteiger partial charge in [-0.05, 0) is 60.5 Å². The van der Waals surface area contributed by atoms with Gasteiger partial charge in [-0.3, -0.25) is 9.10 Å². The van der Waals surface area contributed by atoms with Crippen LogP contribution in [0.5, 0.6) is 11.5 Å². The van der Waals surface area contributed by atoms with Crippen molar-refractivity contribution in [2.75, 3.05) is 44.0 Å². The van der Waals surface area contributed by atoms with Gasteiger partial charge >= 0.3 is 0 Å². The first-order chi connectivity index (χ1) is 18.0. The average Bonchev–Trinajstić information content (AvgIpc) is 3.32. The lowest BCUT2D eigenvalue weighted by atomic mass is 10.1.